The summed E-state index contributed by atoms with van der Waals surface area (Å²) >= 11 is 0. The molecule has 0 bridgehead atoms. The van der Waals surface area contributed by atoms with Gasteiger partial charge in [0.15, 0.2) is 5.82 Å². The lowest BCUT2D eigenvalue weighted by atomic mass is 10.1. The van der Waals surface area contributed by atoms with Gasteiger partial charge in [-0.25, -0.2) is 4.63 Å². The quantitative estimate of drug-likeness (QED) is 0.678. The number of hydrogen-bond acceptors (Lipinski definition) is 6. The molecule has 25 heavy (non-hydrogen) atoms. The van der Waals surface area contributed by atoms with Gasteiger partial charge in [-0.15, -0.1) is 0 Å². The van der Waals surface area contributed by atoms with Crippen molar-refractivity contribution in [3.05, 3.63) is 39.7 Å². The number of aromatic amines is 1. The average molecular weight is 365 g/mol. The van der Waals surface area contributed by atoms with Crippen LogP contribution in [0.15, 0.2) is 27.6 Å². The molecule has 0 fully saturated rings. The fourth-order valence-corrected chi connectivity index (χ4v) is 1.91. The second-order valence-electron chi connectivity index (χ2n) is 4.77. The van der Waals surface area contributed by atoms with Crippen molar-refractivity contribution in [2.45, 2.75) is 12.4 Å². The van der Waals surface area contributed by atoms with Crippen LogP contribution in [0.1, 0.15) is 11.1 Å². The Kier molecular flexibility index (Phi) is 3.65. The first-order valence-electron chi connectivity index (χ1n) is 6.33. The third-order valence-corrected chi connectivity index (χ3v) is 2.99. The number of aromatic nitrogens is 4. The number of fused-ring (bicyclic) bond motifs is 1. The average Bonchev–Trinajstić information content (AvgIpc) is 2.92. The summed E-state index contributed by atoms with van der Waals surface area (Å²) < 4.78 is 81.2. The lowest BCUT2D eigenvalue weighted by Crippen LogP contribution is -2.15. The number of rotatable bonds is 2. The normalized spacial score (nSPS) is 12.6. The first-order valence-corrected chi connectivity index (χ1v) is 6.33. The minimum atomic E-state index is -5.02. The van der Waals surface area contributed by atoms with E-state index in [1.54, 1.807) is 0 Å². The Morgan fingerprint density at radius 1 is 0.960 bits per heavy atom. The van der Waals surface area contributed by atoms with Crippen LogP contribution >= 0.6 is 0 Å². The van der Waals surface area contributed by atoms with Crippen molar-refractivity contribution < 1.29 is 31.0 Å². The number of benzene rings is 1. The van der Waals surface area contributed by atoms with Gasteiger partial charge in [0, 0.05) is 5.69 Å². The summed E-state index contributed by atoms with van der Waals surface area (Å²) in [6.07, 6.45) is -10.0. The Balaban J connectivity index is 2.09. The second-order valence-corrected chi connectivity index (χ2v) is 4.77. The van der Waals surface area contributed by atoms with E-state index >= 15 is 0 Å². The van der Waals surface area contributed by atoms with Crippen molar-refractivity contribution in [3.63, 3.8) is 0 Å². The summed E-state index contributed by atoms with van der Waals surface area (Å²) in [5, 5.41) is 8.71. The molecular formula is C12H5F6N5O2. The Morgan fingerprint density at radius 2 is 1.56 bits per heavy atom. The van der Waals surface area contributed by atoms with Gasteiger partial charge in [-0.3, -0.25) is 9.78 Å². The highest BCUT2D eigenvalue weighted by molar-refractivity contribution is 5.67. The molecule has 0 spiro atoms. The predicted octanol–water partition coefficient (Wildman–Crippen LogP) is 3.09. The van der Waals surface area contributed by atoms with Crippen molar-refractivity contribution in [1.29, 1.82) is 0 Å². The maximum absolute atomic E-state index is 12.8. The maximum atomic E-state index is 12.8. The zero-order valence-electron chi connectivity index (χ0n) is 11.7. The zero-order valence-corrected chi connectivity index (χ0v) is 11.7. The van der Waals surface area contributed by atoms with Crippen molar-refractivity contribution in [1.82, 2.24) is 20.3 Å². The number of nitrogens with one attached hydrogen (secondary N) is 2. The van der Waals surface area contributed by atoms with Crippen LogP contribution < -0.4 is 10.9 Å². The van der Waals surface area contributed by atoms with Gasteiger partial charge in [0.25, 0.3) is 5.56 Å². The minimum absolute atomic E-state index is 0.0341. The van der Waals surface area contributed by atoms with Gasteiger partial charge in [0.05, 0.1) is 11.1 Å². The van der Waals surface area contributed by atoms with Crippen LogP contribution in [-0.2, 0) is 12.4 Å². The molecule has 0 radical (unpaired) electrons. The fraction of sp³-hybridized carbons (Fsp3) is 0.167. The standard InChI is InChI=1S/C12H5F6N5O2/c13-11(14,15)4-1-5(12(16,17)18)3-6(2-4)19-9-10(24)21-8-7(20-9)22-25-23-8/h1-3H,(H,19,20,22)(H,21,23,24). The Bertz CT molecular complexity index is 958. The maximum Gasteiger partial charge on any atom is 0.416 e. The second kappa shape index (κ2) is 5.46. The van der Waals surface area contributed by atoms with Crippen molar-refractivity contribution in [2.24, 2.45) is 0 Å². The first-order chi connectivity index (χ1) is 11.5. The van der Waals surface area contributed by atoms with Crippen molar-refractivity contribution >= 4 is 22.8 Å². The van der Waals surface area contributed by atoms with Gasteiger partial charge in [-0.2, -0.15) is 31.3 Å². The molecule has 0 amide bonds. The van der Waals surface area contributed by atoms with E-state index in [0.717, 1.165) is 0 Å². The van der Waals surface area contributed by atoms with Gasteiger partial charge >= 0.3 is 12.4 Å². The van der Waals surface area contributed by atoms with Crippen LogP contribution in [0.4, 0.5) is 37.8 Å². The third kappa shape index (κ3) is 3.39. The first kappa shape index (κ1) is 16.7. The molecule has 0 aliphatic rings. The van der Waals surface area contributed by atoms with E-state index in [1.807, 2.05) is 0 Å². The molecule has 0 atom stereocenters. The molecule has 2 aromatic heterocycles. The molecule has 0 unspecified atom stereocenters. The van der Waals surface area contributed by atoms with Crippen LogP contribution in [-0.4, -0.2) is 20.3 Å². The van der Waals surface area contributed by atoms with Gasteiger partial charge in [0.1, 0.15) is 0 Å². The number of halogens is 6. The van der Waals surface area contributed by atoms with Crippen LogP contribution in [0.3, 0.4) is 0 Å². The highest BCUT2D eigenvalue weighted by atomic mass is 19.4. The number of nitrogens with zero attached hydrogens (tertiary/aromatic N) is 3. The van der Waals surface area contributed by atoms with E-state index in [9.17, 15) is 31.1 Å². The number of hydrogen-bond donors (Lipinski definition) is 2. The van der Waals surface area contributed by atoms with Crippen molar-refractivity contribution in [3.8, 4) is 0 Å². The summed E-state index contributed by atoms with van der Waals surface area (Å²) in [6, 6.07) is 0.802. The molecule has 2 N–H and O–H groups in total. The molecule has 2 heterocycles. The number of anilines is 2. The molecule has 0 saturated carbocycles. The zero-order chi connectivity index (χ0) is 18.4. The topological polar surface area (TPSA) is 96.7 Å². The molecule has 13 heteroatoms. The molecule has 1 aromatic carbocycles. The van der Waals surface area contributed by atoms with Crippen LogP contribution in [0, 0.1) is 0 Å². The van der Waals surface area contributed by atoms with E-state index in [-0.39, 0.29) is 17.4 Å². The molecule has 0 aliphatic carbocycles. The lowest BCUT2D eigenvalue weighted by molar-refractivity contribution is -0.143. The summed E-state index contributed by atoms with van der Waals surface area (Å²) in [5.41, 5.74) is -4.96. The van der Waals surface area contributed by atoms with Crippen LogP contribution in [0.5, 0.6) is 0 Å². The van der Waals surface area contributed by atoms with E-state index in [4.69, 9.17) is 0 Å². The van der Waals surface area contributed by atoms with Gasteiger partial charge in [-0.05, 0) is 28.5 Å². The van der Waals surface area contributed by atoms with E-state index in [2.05, 4.69) is 30.2 Å². The van der Waals surface area contributed by atoms with Gasteiger partial charge < -0.3 is 5.32 Å². The molecule has 0 aliphatic heterocycles. The molecule has 3 rings (SSSR count). The van der Waals surface area contributed by atoms with Crippen molar-refractivity contribution in [2.75, 3.05) is 5.32 Å². The minimum Gasteiger partial charge on any atom is -0.336 e. The van der Waals surface area contributed by atoms with E-state index in [1.165, 1.54) is 0 Å². The highest BCUT2D eigenvalue weighted by Gasteiger charge is 2.37. The highest BCUT2D eigenvalue weighted by Crippen LogP contribution is 2.37. The Hall–Kier alpha value is -3.12. The van der Waals surface area contributed by atoms with Gasteiger partial charge in [0.2, 0.25) is 11.3 Å². The third-order valence-electron chi connectivity index (χ3n) is 2.99. The summed E-state index contributed by atoms with van der Waals surface area (Å²) in [7, 11) is 0. The molecule has 0 saturated heterocycles. The largest absolute Gasteiger partial charge is 0.416 e. The number of alkyl halides is 6. The number of H-pyrrole nitrogens is 1. The summed E-state index contributed by atoms with van der Waals surface area (Å²) in [5.74, 6) is -0.573. The van der Waals surface area contributed by atoms with Crippen LogP contribution in [0.2, 0.25) is 0 Å². The van der Waals surface area contributed by atoms with E-state index in [0.29, 0.717) is 12.1 Å². The fourth-order valence-electron chi connectivity index (χ4n) is 1.91. The van der Waals surface area contributed by atoms with Gasteiger partial charge in [-0.1, -0.05) is 0 Å². The van der Waals surface area contributed by atoms with Crippen LogP contribution in [0.25, 0.3) is 11.3 Å². The summed E-state index contributed by atoms with van der Waals surface area (Å²) in [4.78, 5) is 17.5. The molecule has 7 nitrogen and oxygen atoms in total. The summed E-state index contributed by atoms with van der Waals surface area (Å²) in [6.45, 7) is 0. The Morgan fingerprint density at radius 3 is 2.12 bits per heavy atom. The predicted molar refractivity (Wildman–Crippen MR) is 69.9 cm³/mol. The SMILES string of the molecule is O=c1[nH]c2nonc2nc1Nc1cc(C(F)(F)F)cc(C(F)(F)F)c1. The molecular weight excluding hydrogens is 360 g/mol. The smallest absolute Gasteiger partial charge is 0.336 e. The monoisotopic (exact) mass is 365 g/mol. The molecule has 3 aromatic rings. The Labute approximate surface area is 132 Å². The lowest BCUT2D eigenvalue weighted by Gasteiger charge is -2.14. The molecule has 132 valence electrons. The van der Waals surface area contributed by atoms with E-state index < -0.39 is 40.5 Å².